The SMILES string of the molecule is C=C(C)CCC[C@H](C)O. The highest BCUT2D eigenvalue weighted by Crippen LogP contribution is 2.05. The summed E-state index contributed by atoms with van der Waals surface area (Å²) in [7, 11) is 0. The van der Waals surface area contributed by atoms with E-state index in [2.05, 4.69) is 6.58 Å². The quantitative estimate of drug-likeness (QED) is 0.575. The molecule has 0 amide bonds. The second kappa shape index (κ2) is 4.57. The first kappa shape index (κ1) is 8.70. The van der Waals surface area contributed by atoms with E-state index in [4.69, 9.17) is 5.11 Å². The molecule has 0 aliphatic rings. The maximum absolute atomic E-state index is 8.84. The smallest absolute Gasteiger partial charge is 0.0512 e. The van der Waals surface area contributed by atoms with E-state index in [1.807, 2.05) is 13.8 Å². The predicted molar refractivity (Wildman–Crippen MR) is 40.3 cm³/mol. The first-order chi connectivity index (χ1) is 4.13. The van der Waals surface area contributed by atoms with Crippen molar-refractivity contribution in [1.82, 2.24) is 0 Å². The van der Waals surface area contributed by atoms with Crippen molar-refractivity contribution in [3.63, 3.8) is 0 Å². The van der Waals surface area contributed by atoms with Gasteiger partial charge in [0, 0.05) is 0 Å². The van der Waals surface area contributed by atoms with E-state index in [-0.39, 0.29) is 6.10 Å². The molecular formula is C8H16O. The van der Waals surface area contributed by atoms with Crippen LogP contribution in [0.2, 0.25) is 0 Å². The molecule has 0 bridgehead atoms. The zero-order chi connectivity index (χ0) is 7.28. The van der Waals surface area contributed by atoms with Crippen molar-refractivity contribution in [2.45, 2.75) is 39.2 Å². The Labute approximate surface area is 57.4 Å². The number of aliphatic hydroxyl groups excluding tert-OH is 1. The fourth-order valence-corrected chi connectivity index (χ4v) is 0.699. The van der Waals surface area contributed by atoms with Crippen LogP contribution in [0.5, 0.6) is 0 Å². The minimum atomic E-state index is -0.149. The van der Waals surface area contributed by atoms with Gasteiger partial charge in [0.15, 0.2) is 0 Å². The van der Waals surface area contributed by atoms with Crippen LogP contribution in [-0.2, 0) is 0 Å². The molecule has 0 spiro atoms. The van der Waals surface area contributed by atoms with Gasteiger partial charge >= 0.3 is 0 Å². The summed E-state index contributed by atoms with van der Waals surface area (Å²) in [5.41, 5.74) is 1.20. The maximum atomic E-state index is 8.84. The summed E-state index contributed by atoms with van der Waals surface area (Å²) in [6, 6.07) is 0. The summed E-state index contributed by atoms with van der Waals surface area (Å²) in [5.74, 6) is 0. The summed E-state index contributed by atoms with van der Waals surface area (Å²) < 4.78 is 0. The second-order valence-corrected chi connectivity index (χ2v) is 2.70. The van der Waals surface area contributed by atoms with Crippen LogP contribution in [0.3, 0.4) is 0 Å². The Kier molecular flexibility index (Phi) is 4.41. The number of hydrogen-bond acceptors (Lipinski definition) is 1. The Hall–Kier alpha value is -0.300. The number of rotatable bonds is 4. The van der Waals surface area contributed by atoms with Crippen molar-refractivity contribution in [3.05, 3.63) is 12.2 Å². The standard InChI is InChI=1S/C8H16O/c1-7(2)5-4-6-8(3)9/h8-9H,1,4-6H2,2-3H3/t8-/m0/s1. The summed E-state index contributed by atoms with van der Waals surface area (Å²) in [5, 5.41) is 8.84. The van der Waals surface area contributed by atoms with E-state index in [0.29, 0.717) is 0 Å². The van der Waals surface area contributed by atoms with Crippen molar-refractivity contribution in [2.24, 2.45) is 0 Å². The fourth-order valence-electron chi connectivity index (χ4n) is 0.699. The van der Waals surface area contributed by atoms with Crippen molar-refractivity contribution in [3.8, 4) is 0 Å². The minimum Gasteiger partial charge on any atom is -0.393 e. The Balaban J connectivity index is 3.01. The van der Waals surface area contributed by atoms with Gasteiger partial charge in [0.2, 0.25) is 0 Å². The molecule has 1 N–H and O–H groups in total. The van der Waals surface area contributed by atoms with Gasteiger partial charge in [-0.2, -0.15) is 0 Å². The molecule has 9 heavy (non-hydrogen) atoms. The molecule has 0 aromatic heterocycles. The van der Waals surface area contributed by atoms with Gasteiger partial charge in [-0.15, -0.1) is 6.58 Å². The third kappa shape index (κ3) is 7.70. The predicted octanol–water partition coefficient (Wildman–Crippen LogP) is 2.11. The van der Waals surface area contributed by atoms with Crippen molar-refractivity contribution >= 4 is 0 Å². The molecule has 54 valence electrons. The molecule has 1 heteroatoms. The van der Waals surface area contributed by atoms with Gasteiger partial charge in [-0.25, -0.2) is 0 Å². The molecule has 0 unspecified atom stereocenters. The largest absolute Gasteiger partial charge is 0.393 e. The monoisotopic (exact) mass is 128 g/mol. The molecule has 1 atom stereocenters. The van der Waals surface area contributed by atoms with Gasteiger partial charge in [0.1, 0.15) is 0 Å². The summed E-state index contributed by atoms with van der Waals surface area (Å²) in [6.45, 7) is 7.60. The van der Waals surface area contributed by atoms with Crippen LogP contribution in [0.15, 0.2) is 12.2 Å². The maximum Gasteiger partial charge on any atom is 0.0512 e. The van der Waals surface area contributed by atoms with Crippen LogP contribution in [0.25, 0.3) is 0 Å². The lowest BCUT2D eigenvalue weighted by Gasteiger charge is -2.01. The highest BCUT2D eigenvalue weighted by atomic mass is 16.3. The average molecular weight is 128 g/mol. The highest BCUT2D eigenvalue weighted by molar-refractivity contribution is 4.87. The Morgan fingerprint density at radius 1 is 1.67 bits per heavy atom. The van der Waals surface area contributed by atoms with Gasteiger partial charge in [-0.1, -0.05) is 5.57 Å². The number of aliphatic hydroxyl groups is 1. The molecular weight excluding hydrogens is 112 g/mol. The first-order valence-corrected chi connectivity index (χ1v) is 3.45. The van der Waals surface area contributed by atoms with E-state index < -0.39 is 0 Å². The highest BCUT2D eigenvalue weighted by Gasteiger charge is 1.93. The number of hydrogen-bond donors (Lipinski definition) is 1. The van der Waals surface area contributed by atoms with Crippen LogP contribution in [-0.4, -0.2) is 11.2 Å². The van der Waals surface area contributed by atoms with Gasteiger partial charge in [-0.05, 0) is 33.1 Å². The lowest BCUT2D eigenvalue weighted by atomic mass is 10.1. The molecule has 0 radical (unpaired) electrons. The topological polar surface area (TPSA) is 20.2 Å². The third-order valence-corrected chi connectivity index (χ3v) is 1.23. The molecule has 0 aliphatic heterocycles. The van der Waals surface area contributed by atoms with Gasteiger partial charge in [-0.3, -0.25) is 0 Å². The van der Waals surface area contributed by atoms with Crippen LogP contribution >= 0.6 is 0 Å². The van der Waals surface area contributed by atoms with E-state index in [0.717, 1.165) is 19.3 Å². The van der Waals surface area contributed by atoms with Crippen LogP contribution in [0.1, 0.15) is 33.1 Å². The van der Waals surface area contributed by atoms with Gasteiger partial charge in [0.05, 0.1) is 6.10 Å². The minimum absolute atomic E-state index is 0.149. The summed E-state index contributed by atoms with van der Waals surface area (Å²) >= 11 is 0. The van der Waals surface area contributed by atoms with Crippen LogP contribution in [0, 0.1) is 0 Å². The zero-order valence-corrected chi connectivity index (χ0v) is 6.35. The van der Waals surface area contributed by atoms with E-state index >= 15 is 0 Å². The van der Waals surface area contributed by atoms with E-state index in [1.165, 1.54) is 5.57 Å². The fraction of sp³-hybridized carbons (Fsp3) is 0.750. The Bertz CT molecular complexity index is 84.6. The van der Waals surface area contributed by atoms with Gasteiger partial charge < -0.3 is 5.11 Å². The van der Waals surface area contributed by atoms with E-state index in [9.17, 15) is 0 Å². The van der Waals surface area contributed by atoms with Crippen molar-refractivity contribution in [2.75, 3.05) is 0 Å². The third-order valence-electron chi connectivity index (χ3n) is 1.23. The Morgan fingerprint density at radius 3 is 2.56 bits per heavy atom. The average Bonchev–Trinajstić information content (AvgIpc) is 1.63. The Morgan fingerprint density at radius 2 is 2.22 bits per heavy atom. The summed E-state index contributed by atoms with van der Waals surface area (Å²) in [6.07, 6.45) is 2.86. The molecule has 0 aromatic rings. The molecule has 0 saturated heterocycles. The van der Waals surface area contributed by atoms with Crippen LogP contribution < -0.4 is 0 Å². The lowest BCUT2D eigenvalue weighted by Crippen LogP contribution is -1.98. The molecule has 0 aliphatic carbocycles. The van der Waals surface area contributed by atoms with Crippen molar-refractivity contribution < 1.29 is 5.11 Å². The lowest BCUT2D eigenvalue weighted by molar-refractivity contribution is 0.182. The molecule has 0 heterocycles. The molecule has 1 nitrogen and oxygen atoms in total. The van der Waals surface area contributed by atoms with Crippen LogP contribution in [0.4, 0.5) is 0 Å². The summed E-state index contributed by atoms with van der Waals surface area (Å²) in [4.78, 5) is 0. The molecule has 0 saturated carbocycles. The molecule has 0 rings (SSSR count). The van der Waals surface area contributed by atoms with E-state index in [1.54, 1.807) is 0 Å². The second-order valence-electron chi connectivity index (χ2n) is 2.70. The zero-order valence-electron chi connectivity index (χ0n) is 6.35. The normalized spacial score (nSPS) is 13.2. The first-order valence-electron chi connectivity index (χ1n) is 3.45. The van der Waals surface area contributed by atoms with Gasteiger partial charge in [0.25, 0.3) is 0 Å². The molecule has 0 fully saturated rings. The van der Waals surface area contributed by atoms with Crippen molar-refractivity contribution in [1.29, 1.82) is 0 Å². The molecule has 0 aromatic carbocycles. The number of allylic oxidation sites excluding steroid dienone is 1.